The number of benzene rings is 1. The van der Waals surface area contributed by atoms with Gasteiger partial charge in [0, 0.05) is 36.9 Å². The second-order valence-electron chi connectivity index (χ2n) is 10.2. The highest BCUT2D eigenvalue weighted by molar-refractivity contribution is 5.90. The number of ketones is 1. The molecule has 0 saturated heterocycles. The van der Waals surface area contributed by atoms with Crippen molar-refractivity contribution in [2.24, 2.45) is 0 Å². The summed E-state index contributed by atoms with van der Waals surface area (Å²) in [6.07, 6.45) is 5.51. The van der Waals surface area contributed by atoms with Crippen LogP contribution in [-0.2, 0) is 4.74 Å². The van der Waals surface area contributed by atoms with Crippen molar-refractivity contribution in [3.63, 3.8) is 0 Å². The molecule has 2 heterocycles. The average Bonchev–Trinajstić information content (AvgIpc) is 2.82. The van der Waals surface area contributed by atoms with E-state index in [0.29, 0.717) is 30.1 Å². The van der Waals surface area contributed by atoms with Crippen LogP contribution in [0, 0.1) is 0 Å². The van der Waals surface area contributed by atoms with Gasteiger partial charge < -0.3 is 19.5 Å². The number of alkyl carbamates (subject to hydrolysis) is 1. The van der Waals surface area contributed by atoms with Crippen molar-refractivity contribution in [3.05, 3.63) is 72.1 Å². The molecule has 1 amide bonds. The lowest BCUT2D eigenvalue weighted by atomic mass is 9.92. The lowest BCUT2D eigenvalue weighted by Crippen LogP contribution is -2.46. The monoisotopic (exact) mass is 504 g/mol. The number of aromatic nitrogens is 3. The molecule has 1 aliphatic rings. The molecular formula is C28H32N4O5. The van der Waals surface area contributed by atoms with Crippen molar-refractivity contribution in [2.75, 3.05) is 0 Å². The third-order valence-electron chi connectivity index (χ3n) is 5.87. The maximum atomic E-state index is 11.9. The molecule has 1 atom stereocenters. The van der Waals surface area contributed by atoms with E-state index in [1.54, 1.807) is 6.20 Å². The zero-order valence-electron chi connectivity index (χ0n) is 21.7. The Kier molecular flexibility index (Phi) is 7.71. The van der Waals surface area contributed by atoms with Gasteiger partial charge in [0.15, 0.2) is 17.4 Å². The van der Waals surface area contributed by atoms with Crippen LogP contribution in [-0.4, -0.2) is 44.6 Å². The number of carbonyl (C=O) groups excluding carboxylic acids is 2. The van der Waals surface area contributed by atoms with Gasteiger partial charge in [0.2, 0.25) is 0 Å². The maximum Gasteiger partial charge on any atom is 0.407 e. The maximum absolute atomic E-state index is 11.9. The summed E-state index contributed by atoms with van der Waals surface area (Å²) < 4.78 is 17.2. The number of nitrogens with one attached hydrogen (secondary N) is 1. The molecule has 1 N–H and O–H groups in total. The summed E-state index contributed by atoms with van der Waals surface area (Å²) in [7, 11) is 0. The molecule has 1 saturated carbocycles. The van der Waals surface area contributed by atoms with Crippen LogP contribution in [0.15, 0.2) is 55.0 Å². The first-order valence-corrected chi connectivity index (χ1v) is 12.3. The number of hydrogen-bond donors (Lipinski definition) is 1. The second-order valence-corrected chi connectivity index (χ2v) is 10.2. The summed E-state index contributed by atoms with van der Waals surface area (Å²) in [4.78, 5) is 35.7. The van der Waals surface area contributed by atoms with E-state index in [1.807, 2.05) is 57.2 Å². The zero-order chi connectivity index (χ0) is 26.6. The quantitative estimate of drug-likeness (QED) is 0.403. The molecule has 0 bridgehead atoms. The SMILES string of the molecule is CC(=O)c1ncc(Oc2ccc(C(C)c3ccc(OC4CC(OC(=O)NC(C)(C)C)C4)cn3)cc2)cn1. The van der Waals surface area contributed by atoms with Gasteiger partial charge in [0.05, 0.1) is 18.6 Å². The van der Waals surface area contributed by atoms with E-state index >= 15 is 0 Å². The lowest BCUT2D eigenvalue weighted by Gasteiger charge is -2.35. The predicted molar refractivity (Wildman–Crippen MR) is 137 cm³/mol. The van der Waals surface area contributed by atoms with Crippen LogP contribution in [0.4, 0.5) is 4.79 Å². The van der Waals surface area contributed by atoms with Crippen molar-refractivity contribution in [1.29, 1.82) is 0 Å². The van der Waals surface area contributed by atoms with Gasteiger partial charge in [-0.05, 0) is 50.6 Å². The standard InChI is InChI=1S/C28H32N4O5/c1-17(19-6-8-20(9-7-19)35-24-15-30-26(18(2)33)31-16-24)25-11-10-21(14-29-25)36-22-12-23(13-22)37-27(34)32-28(3,4)5/h6-11,14-17,22-23H,12-13H2,1-5H3,(H,32,34). The fraction of sp³-hybridized carbons (Fsp3) is 0.393. The molecular weight excluding hydrogens is 472 g/mol. The van der Waals surface area contributed by atoms with Crippen molar-refractivity contribution < 1.29 is 23.8 Å². The number of nitrogens with zero attached hydrogens (tertiary/aromatic N) is 3. The second kappa shape index (κ2) is 10.9. The molecule has 3 aromatic rings. The van der Waals surface area contributed by atoms with Crippen LogP contribution in [0.25, 0.3) is 0 Å². The van der Waals surface area contributed by atoms with Gasteiger partial charge in [-0.25, -0.2) is 14.8 Å². The van der Waals surface area contributed by atoms with E-state index in [9.17, 15) is 9.59 Å². The first-order chi connectivity index (χ1) is 17.6. The van der Waals surface area contributed by atoms with Gasteiger partial charge in [-0.1, -0.05) is 19.1 Å². The minimum absolute atomic E-state index is 0.00844. The Morgan fingerprint density at radius 2 is 1.51 bits per heavy atom. The highest BCUT2D eigenvalue weighted by atomic mass is 16.6. The topological polar surface area (TPSA) is 113 Å². The fourth-order valence-electron chi connectivity index (χ4n) is 3.79. The fourth-order valence-corrected chi connectivity index (χ4v) is 3.79. The van der Waals surface area contributed by atoms with Gasteiger partial charge in [0.25, 0.3) is 0 Å². The highest BCUT2D eigenvalue weighted by Gasteiger charge is 2.34. The van der Waals surface area contributed by atoms with E-state index in [0.717, 1.165) is 11.3 Å². The van der Waals surface area contributed by atoms with Gasteiger partial charge in [-0.15, -0.1) is 0 Å². The summed E-state index contributed by atoms with van der Waals surface area (Å²) in [5, 5.41) is 2.80. The van der Waals surface area contributed by atoms with Crippen LogP contribution in [0.1, 0.15) is 75.3 Å². The average molecular weight is 505 g/mol. The van der Waals surface area contributed by atoms with E-state index in [4.69, 9.17) is 14.2 Å². The Hall–Kier alpha value is -4.01. The normalized spacial score (nSPS) is 17.8. The molecule has 37 heavy (non-hydrogen) atoms. The molecule has 0 spiro atoms. The molecule has 1 unspecified atom stereocenters. The molecule has 2 aromatic heterocycles. The number of Topliss-reactive ketones (excluding diaryl/α,β-unsaturated/α-hetero) is 1. The first-order valence-electron chi connectivity index (χ1n) is 12.3. The summed E-state index contributed by atoms with van der Waals surface area (Å²) in [5.41, 5.74) is 1.68. The number of ether oxygens (including phenoxy) is 3. The van der Waals surface area contributed by atoms with Gasteiger partial charge in [-0.2, -0.15) is 0 Å². The Labute approximate surface area is 216 Å². The van der Waals surface area contributed by atoms with E-state index < -0.39 is 6.09 Å². The zero-order valence-corrected chi connectivity index (χ0v) is 21.7. The summed E-state index contributed by atoms with van der Waals surface area (Å²) >= 11 is 0. The summed E-state index contributed by atoms with van der Waals surface area (Å²) in [6.45, 7) is 9.25. The van der Waals surface area contributed by atoms with Crippen molar-refractivity contribution >= 4 is 11.9 Å². The third-order valence-corrected chi connectivity index (χ3v) is 5.87. The Morgan fingerprint density at radius 3 is 2.08 bits per heavy atom. The predicted octanol–water partition coefficient (Wildman–Crippen LogP) is 5.45. The number of carbonyl (C=O) groups is 2. The van der Waals surface area contributed by atoms with Crippen LogP contribution in [0.5, 0.6) is 17.2 Å². The van der Waals surface area contributed by atoms with E-state index in [1.165, 1.54) is 19.3 Å². The van der Waals surface area contributed by atoms with Crippen molar-refractivity contribution in [1.82, 2.24) is 20.3 Å². The van der Waals surface area contributed by atoms with Crippen LogP contribution >= 0.6 is 0 Å². The summed E-state index contributed by atoms with van der Waals surface area (Å²) in [5.74, 6) is 1.84. The number of pyridine rings is 1. The molecule has 0 aliphatic heterocycles. The molecule has 0 radical (unpaired) electrons. The van der Waals surface area contributed by atoms with Crippen molar-refractivity contribution in [3.8, 4) is 17.2 Å². The number of rotatable bonds is 8. The largest absolute Gasteiger partial charge is 0.489 e. The molecule has 4 rings (SSSR count). The molecule has 1 aliphatic carbocycles. The number of hydrogen-bond acceptors (Lipinski definition) is 8. The first kappa shape index (κ1) is 26.1. The smallest absolute Gasteiger partial charge is 0.407 e. The van der Waals surface area contributed by atoms with Crippen LogP contribution in [0.2, 0.25) is 0 Å². The van der Waals surface area contributed by atoms with Gasteiger partial charge in [0.1, 0.15) is 23.7 Å². The summed E-state index contributed by atoms with van der Waals surface area (Å²) in [6, 6.07) is 11.6. The molecule has 9 heteroatoms. The molecule has 194 valence electrons. The Bertz CT molecular complexity index is 1220. The van der Waals surface area contributed by atoms with Crippen LogP contribution < -0.4 is 14.8 Å². The molecule has 9 nitrogen and oxygen atoms in total. The molecule has 1 aromatic carbocycles. The lowest BCUT2D eigenvalue weighted by molar-refractivity contribution is -0.0245. The number of amides is 1. The van der Waals surface area contributed by atoms with E-state index in [-0.39, 0.29) is 35.3 Å². The highest BCUT2D eigenvalue weighted by Crippen LogP contribution is 2.30. The van der Waals surface area contributed by atoms with Crippen LogP contribution in [0.3, 0.4) is 0 Å². The van der Waals surface area contributed by atoms with E-state index in [2.05, 4.69) is 27.2 Å². The van der Waals surface area contributed by atoms with Crippen molar-refractivity contribution in [2.45, 2.75) is 71.1 Å². The minimum Gasteiger partial charge on any atom is -0.489 e. The molecule has 1 fully saturated rings. The Morgan fingerprint density at radius 1 is 0.892 bits per heavy atom. The Balaban J connectivity index is 1.26. The van der Waals surface area contributed by atoms with Gasteiger partial charge in [-0.3, -0.25) is 9.78 Å². The third kappa shape index (κ3) is 7.25. The van der Waals surface area contributed by atoms with Gasteiger partial charge >= 0.3 is 6.09 Å². The minimum atomic E-state index is -0.395.